The summed E-state index contributed by atoms with van der Waals surface area (Å²) in [4.78, 5) is 10.4. The first-order chi connectivity index (χ1) is 10.0. The summed E-state index contributed by atoms with van der Waals surface area (Å²) in [6.45, 7) is -0.182. The standard InChI is InChI=1S/C14H10BrClFNO3/c15-7-9-4-5-13(18(19)20)14(6-9)21-8-10-11(16)2-1-3-12(10)17/h1-6H,7-8H2. The topological polar surface area (TPSA) is 52.4 Å². The Hall–Kier alpha value is -1.66. The van der Waals surface area contributed by atoms with Crippen LogP contribution in [0.4, 0.5) is 10.1 Å². The summed E-state index contributed by atoms with van der Waals surface area (Å²) in [6, 6.07) is 8.79. The maximum Gasteiger partial charge on any atom is 0.310 e. The molecular formula is C14H10BrClFNO3. The van der Waals surface area contributed by atoms with Crippen molar-refractivity contribution in [1.82, 2.24) is 0 Å². The number of hydrogen-bond acceptors (Lipinski definition) is 3. The maximum atomic E-state index is 13.7. The smallest absolute Gasteiger partial charge is 0.310 e. The lowest BCUT2D eigenvalue weighted by atomic mass is 10.2. The quantitative estimate of drug-likeness (QED) is 0.426. The van der Waals surface area contributed by atoms with E-state index in [-0.39, 0.29) is 28.6 Å². The van der Waals surface area contributed by atoms with E-state index in [9.17, 15) is 14.5 Å². The van der Waals surface area contributed by atoms with Gasteiger partial charge in [-0.25, -0.2) is 4.39 Å². The highest BCUT2D eigenvalue weighted by Gasteiger charge is 2.17. The van der Waals surface area contributed by atoms with Gasteiger partial charge >= 0.3 is 5.69 Å². The van der Waals surface area contributed by atoms with Gasteiger partial charge in [-0.15, -0.1) is 0 Å². The largest absolute Gasteiger partial charge is 0.482 e. The minimum absolute atomic E-state index is 0.0799. The maximum absolute atomic E-state index is 13.7. The summed E-state index contributed by atoms with van der Waals surface area (Å²) in [7, 11) is 0. The van der Waals surface area contributed by atoms with Crippen molar-refractivity contribution < 1.29 is 14.1 Å². The van der Waals surface area contributed by atoms with Gasteiger partial charge in [-0.2, -0.15) is 0 Å². The van der Waals surface area contributed by atoms with Crippen LogP contribution in [-0.2, 0) is 11.9 Å². The monoisotopic (exact) mass is 373 g/mol. The van der Waals surface area contributed by atoms with Gasteiger partial charge in [-0.1, -0.05) is 39.7 Å². The van der Waals surface area contributed by atoms with Gasteiger partial charge in [0, 0.05) is 17.0 Å². The van der Waals surface area contributed by atoms with Crippen molar-refractivity contribution in [3.63, 3.8) is 0 Å². The van der Waals surface area contributed by atoms with Crippen LogP contribution in [0, 0.1) is 15.9 Å². The SMILES string of the molecule is O=[N+]([O-])c1ccc(CBr)cc1OCc1c(F)cccc1Cl. The Bertz CT molecular complexity index is 661. The number of hydrogen-bond donors (Lipinski definition) is 0. The third kappa shape index (κ3) is 3.71. The van der Waals surface area contributed by atoms with E-state index in [0.717, 1.165) is 5.56 Å². The first kappa shape index (κ1) is 15.7. The number of nitro benzene ring substituents is 1. The normalized spacial score (nSPS) is 10.4. The van der Waals surface area contributed by atoms with Gasteiger partial charge in [-0.3, -0.25) is 10.1 Å². The molecule has 0 saturated heterocycles. The highest BCUT2D eigenvalue weighted by Crippen LogP contribution is 2.30. The second-order valence-electron chi connectivity index (χ2n) is 4.18. The van der Waals surface area contributed by atoms with Crippen LogP contribution < -0.4 is 4.74 Å². The van der Waals surface area contributed by atoms with E-state index in [1.54, 1.807) is 12.1 Å². The van der Waals surface area contributed by atoms with Crippen molar-refractivity contribution in [1.29, 1.82) is 0 Å². The fourth-order valence-electron chi connectivity index (χ4n) is 1.73. The van der Waals surface area contributed by atoms with Crippen molar-refractivity contribution in [2.75, 3.05) is 0 Å². The van der Waals surface area contributed by atoms with Crippen LogP contribution in [0.1, 0.15) is 11.1 Å². The predicted octanol–water partition coefficient (Wildman–Crippen LogP) is 4.86. The Kier molecular flexibility index (Phi) is 5.14. The molecule has 0 N–H and O–H groups in total. The molecule has 0 aliphatic rings. The number of nitrogens with zero attached hydrogens (tertiary/aromatic N) is 1. The number of benzene rings is 2. The lowest BCUT2D eigenvalue weighted by molar-refractivity contribution is -0.386. The highest BCUT2D eigenvalue weighted by atomic mass is 79.9. The van der Waals surface area contributed by atoms with Gasteiger partial charge in [0.1, 0.15) is 12.4 Å². The Morgan fingerprint density at radius 1 is 1.33 bits per heavy atom. The lowest BCUT2D eigenvalue weighted by Crippen LogP contribution is -2.02. The molecule has 0 bridgehead atoms. The molecule has 0 fully saturated rings. The van der Waals surface area contributed by atoms with Crippen LogP contribution in [0.2, 0.25) is 5.02 Å². The second kappa shape index (κ2) is 6.87. The summed E-state index contributed by atoms with van der Waals surface area (Å²) in [5.74, 6) is -0.432. The van der Waals surface area contributed by atoms with Gasteiger partial charge in [0.15, 0.2) is 5.75 Å². The minimum atomic E-state index is -0.545. The zero-order chi connectivity index (χ0) is 15.4. The summed E-state index contributed by atoms with van der Waals surface area (Å²) >= 11 is 9.16. The van der Waals surface area contributed by atoms with Gasteiger partial charge < -0.3 is 4.74 Å². The molecular weight excluding hydrogens is 365 g/mol. The summed E-state index contributed by atoms with van der Waals surface area (Å²) in [5, 5.41) is 11.7. The van der Waals surface area contributed by atoms with E-state index in [0.29, 0.717) is 5.33 Å². The van der Waals surface area contributed by atoms with E-state index in [2.05, 4.69) is 15.9 Å². The van der Waals surface area contributed by atoms with Crippen molar-refractivity contribution in [3.8, 4) is 5.75 Å². The molecule has 0 radical (unpaired) electrons. The van der Waals surface area contributed by atoms with E-state index in [1.807, 2.05) is 0 Å². The zero-order valence-corrected chi connectivity index (χ0v) is 13.0. The molecule has 0 aliphatic carbocycles. The average molecular weight is 375 g/mol. The first-order valence-electron chi connectivity index (χ1n) is 5.92. The Balaban J connectivity index is 2.28. The van der Waals surface area contributed by atoms with Crippen LogP contribution in [0.5, 0.6) is 5.75 Å². The Morgan fingerprint density at radius 3 is 2.71 bits per heavy atom. The Labute approximate surface area is 133 Å². The predicted molar refractivity (Wildman–Crippen MR) is 81.5 cm³/mol. The molecule has 0 spiro atoms. The highest BCUT2D eigenvalue weighted by molar-refractivity contribution is 9.08. The molecule has 0 amide bonds. The van der Waals surface area contributed by atoms with Crippen LogP contribution >= 0.6 is 27.5 Å². The lowest BCUT2D eigenvalue weighted by Gasteiger charge is -2.10. The molecule has 2 rings (SSSR count). The van der Waals surface area contributed by atoms with E-state index in [4.69, 9.17) is 16.3 Å². The van der Waals surface area contributed by atoms with Crippen LogP contribution in [0.25, 0.3) is 0 Å². The molecule has 0 heterocycles. The molecule has 0 saturated carbocycles. The van der Waals surface area contributed by atoms with Gasteiger partial charge in [0.05, 0.1) is 9.95 Å². The van der Waals surface area contributed by atoms with Crippen molar-refractivity contribution in [3.05, 3.63) is 68.5 Å². The third-order valence-corrected chi connectivity index (χ3v) is 3.81. The minimum Gasteiger partial charge on any atom is -0.482 e. The average Bonchev–Trinajstić information content (AvgIpc) is 2.46. The molecule has 4 nitrogen and oxygen atoms in total. The molecule has 7 heteroatoms. The molecule has 110 valence electrons. The molecule has 2 aromatic rings. The summed E-state index contributed by atoms with van der Waals surface area (Å²) in [6.07, 6.45) is 0. The van der Waals surface area contributed by atoms with E-state index < -0.39 is 10.7 Å². The van der Waals surface area contributed by atoms with Crippen LogP contribution in [0.15, 0.2) is 36.4 Å². The van der Waals surface area contributed by atoms with Gasteiger partial charge in [0.2, 0.25) is 0 Å². The second-order valence-corrected chi connectivity index (χ2v) is 5.15. The number of alkyl halides is 1. The molecule has 21 heavy (non-hydrogen) atoms. The first-order valence-corrected chi connectivity index (χ1v) is 7.42. The molecule has 2 aromatic carbocycles. The zero-order valence-electron chi connectivity index (χ0n) is 10.7. The van der Waals surface area contributed by atoms with Gasteiger partial charge in [-0.05, 0) is 23.8 Å². The van der Waals surface area contributed by atoms with Crippen molar-refractivity contribution in [2.45, 2.75) is 11.9 Å². The fourth-order valence-corrected chi connectivity index (χ4v) is 2.29. The fraction of sp³-hybridized carbons (Fsp3) is 0.143. The van der Waals surface area contributed by atoms with Crippen LogP contribution in [0.3, 0.4) is 0 Å². The summed E-state index contributed by atoms with van der Waals surface area (Å²) < 4.78 is 19.1. The van der Waals surface area contributed by atoms with E-state index >= 15 is 0 Å². The van der Waals surface area contributed by atoms with Gasteiger partial charge in [0.25, 0.3) is 0 Å². The Morgan fingerprint density at radius 2 is 2.10 bits per heavy atom. The molecule has 0 atom stereocenters. The summed E-state index contributed by atoms with van der Waals surface area (Å²) in [5.41, 5.74) is 0.806. The van der Waals surface area contributed by atoms with Crippen LogP contribution in [-0.4, -0.2) is 4.92 Å². The molecule has 0 aliphatic heterocycles. The number of ether oxygens (including phenoxy) is 1. The third-order valence-electron chi connectivity index (χ3n) is 2.81. The van der Waals surface area contributed by atoms with E-state index in [1.165, 1.54) is 24.3 Å². The number of rotatable bonds is 5. The van der Waals surface area contributed by atoms with Crippen molar-refractivity contribution >= 4 is 33.2 Å². The molecule has 0 unspecified atom stereocenters. The number of nitro groups is 1. The molecule has 0 aromatic heterocycles. The van der Waals surface area contributed by atoms with Crippen molar-refractivity contribution in [2.24, 2.45) is 0 Å². The number of halogens is 3.